The first-order chi connectivity index (χ1) is 16.3. The highest BCUT2D eigenvalue weighted by Crippen LogP contribution is 2.33. The lowest BCUT2D eigenvalue weighted by Crippen LogP contribution is -2.44. The maximum Gasteiger partial charge on any atom is 0.332 e. The Labute approximate surface area is 196 Å². The molecule has 0 unspecified atom stereocenters. The fourth-order valence-electron chi connectivity index (χ4n) is 4.32. The number of ether oxygens (including phenoxy) is 2. The van der Waals surface area contributed by atoms with Crippen LogP contribution >= 0.6 is 0 Å². The lowest BCUT2D eigenvalue weighted by molar-refractivity contribution is 0.0919. The van der Waals surface area contributed by atoms with E-state index in [0.29, 0.717) is 24.6 Å². The molecule has 0 saturated heterocycles. The van der Waals surface area contributed by atoms with Gasteiger partial charge in [0.05, 0.1) is 27.3 Å². The molecule has 2 heterocycles. The molecule has 0 saturated carbocycles. The smallest absolute Gasteiger partial charge is 0.332 e. The maximum absolute atomic E-state index is 13.3. The molecule has 3 aromatic rings. The molecular formula is C25H28N4O5. The summed E-state index contributed by atoms with van der Waals surface area (Å²) in [6.07, 6.45) is 0.726. The Morgan fingerprint density at radius 3 is 2.32 bits per heavy atom. The van der Waals surface area contributed by atoms with Crippen molar-refractivity contribution in [1.29, 1.82) is 0 Å². The average Bonchev–Trinajstić information content (AvgIpc) is 2.85. The third kappa shape index (κ3) is 4.34. The number of aromatic nitrogens is 2. The molecule has 0 spiro atoms. The van der Waals surface area contributed by atoms with Crippen LogP contribution in [0.5, 0.6) is 11.5 Å². The van der Waals surface area contributed by atoms with Crippen molar-refractivity contribution >= 4 is 11.6 Å². The van der Waals surface area contributed by atoms with Crippen LogP contribution in [-0.2, 0) is 26.6 Å². The monoisotopic (exact) mass is 464 g/mol. The number of hydrogen-bond acceptors (Lipinski definition) is 7. The number of anilines is 1. The number of nitrogens with two attached hydrogens (primary N) is 1. The summed E-state index contributed by atoms with van der Waals surface area (Å²) in [5, 5.41) is 0. The van der Waals surface area contributed by atoms with E-state index in [4.69, 9.17) is 15.2 Å². The number of carbonyl (C=O) groups excluding carboxylic acids is 1. The molecule has 0 fully saturated rings. The van der Waals surface area contributed by atoms with Crippen molar-refractivity contribution in [1.82, 2.24) is 14.0 Å². The number of benzene rings is 2. The number of nitrogen functional groups attached to an aromatic ring is 1. The molecule has 1 aliphatic heterocycles. The van der Waals surface area contributed by atoms with Crippen LogP contribution in [0.4, 0.5) is 5.82 Å². The van der Waals surface area contributed by atoms with Crippen molar-refractivity contribution in [2.45, 2.75) is 19.5 Å². The number of nitrogens with zero attached hydrogens (tertiary/aromatic N) is 3. The molecule has 1 aliphatic rings. The molecule has 0 aliphatic carbocycles. The number of Topliss-reactive ketones (excluding diaryl/α,β-unsaturated/α-hetero) is 1. The number of rotatable bonds is 7. The van der Waals surface area contributed by atoms with Crippen molar-refractivity contribution < 1.29 is 14.3 Å². The number of ketones is 1. The third-order valence-electron chi connectivity index (χ3n) is 6.21. The molecule has 0 radical (unpaired) electrons. The summed E-state index contributed by atoms with van der Waals surface area (Å²) in [5.74, 6) is 0.776. The van der Waals surface area contributed by atoms with Gasteiger partial charge in [0.1, 0.15) is 11.4 Å². The second kappa shape index (κ2) is 9.56. The Morgan fingerprint density at radius 1 is 1.03 bits per heavy atom. The first-order valence-corrected chi connectivity index (χ1v) is 11.0. The van der Waals surface area contributed by atoms with Crippen LogP contribution in [0.3, 0.4) is 0 Å². The van der Waals surface area contributed by atoms with Gasteiger partial charge in [0.2, 0.25) is 0 Å². The largest absolute Gasteiger partial charge is 0.493 e. The minimum absolute atomic E-state index is 0.0107. The zero-order chi connectivity index (χ0) is 24.4. The lowest BCUT2D eigenvalue weighted by Gasteiger charge is -2.29. The maximum atomic E-state index is 13.3. The van der Waals surface area contributed by atoms with Crippen LogP contribution in [0.2, 0.25) is 0 Å². The van der Waals surface area contributed by atoms with Gasteiger partial charge in [-0.1, -0.05) is 30.3 Å². The van der Waals surface area contributed by atoms with Crippen LogP contribution in [-0.4, -0.2) is 47.1 Å². The highest BCUT2D eigenvalue weighted by atomic mass is 16.5. The number of hydrogen-bond donors (Lipinski definition) is 1. The van der Waals surface area contributed by atoms with Crippen LogP contribution in [0, 0.1) is 0 Å². The van der Waals surface area contributed by atoms with Gasteiger partial charge < -0.3 is 15.2 Å². The van der Waals surface area contributed by atoms with Crippen LogP contribution in [0.25, 0.3) is 0 Å². The molecule has 2 aromatic carbocycles. The quantitative estimate of drug-likeness (QED) is 0.527. The van der Waals surface area contributed by atoms with Gasteiger partial charge in [0.25, 0.3) is 5.56 Å². The van der Waals surface area contributed by atoms with E-state index in [9.17, 15) is 14.4 Å². The Morgan fingerprint density at radius 2 is 1.68 bits per heavy atom. The average molecular weight is 465 g/mol. The summed E-state index contributed by atoms with van der Waals surface area (Å²) in [7, 11) is 4.54. The van der Waals surface area contributed by atoms with Crippen molar-refractivity contribution in [3.8, 4) is 11.5 Å². The van der Waals surface area contributed by atoms with Gasteiger partial charge in [-0.3, -0.25) is 23.6 Å². The zero-order valence-electron chi connectivity index (χ0n) is 19.5. The molecule has 178 valence electrons. The lowest BCUT2D eigenvalue weighted by atomic mass is 9.98. The summed E-state index contributed by atoms with van der Waals surface area (Å²) in [5.41, 5.74) is 7.84. The molecule has 0 atom stereocenters. The van der Waals surface area contributed by atoms with E-state index in [1.54, 1.807) is 14.2 Å². The Hall–Kier alpha value is -3.85. The van der Waals surface area contributed by atoms with E-state index in [-0.39, 0.29) is 24.5 Å². The molecule has 9 heteroatoms. The Balaban J connectivity index is 1.61. The van der Waals surface area contributed by atoms with Gasteiger partial charge in [-0.05, 0) is 35.2 Å². The normalized spacial score (nSPS) is 13.4. The van der Waals surface area contributed by atoms with Gasteiger partial charge in [0.15, 0.2) is 17.3 Å². The number of carbonyl (C=O) groups is 1. The van der Waals surface area contributed by atoms with Crippen LogP contribution < -0.4 is 26.5 Å². The molecule has 0 amide bonds. The number of methoxy groups -OCH3 is 2. The zero-order valence-corrected chi connectivity index (χ0v) is 19.5. The molecule has 34 heavy (non-hydrogen) atoms. The molecule has 9 nitrogen and oxygen atoms in total. The van der Waals surface area contributed by atoms with E-state index >= 15 is 0 Å². The third-order valence-corrected chi connectivity index (χ3v) is 6.21. The standard InChI is InChI=1S/C25H28N4O5/c1-27-24(31)22(23(26)29(25(27)32)13-16-7-5-4-6-8-16)19(30)15-28-10-9-17-11-20(33-2)21(34-3)12-18(17)14-28/h4-8,11-12H,9-10,13-15,26H2,1-3H3. The summed E-state index contributed by atoms with van der Waals surface area (Å²) >= 11 is 0. The van der Waals surface area contributed by atoms with E-state index in [2.05, 4.69) is 0 Å². The summed E-state index contributed by atoms with van der Waals surface area (Å²) in [4.78, 5) is 40.8. The van der Waals surface area contributed by atoms with Crippen LogP contribution in [0.1, 0.15) is 27.0 Å². The summed E-state index contributed by atoms with van der Waals surface area (Å²) < 4.78 is 13.0. The van der Waals surface area contributed by atoms with Gasteiger partial charge in [-0.25, -0.2) is 4.79 Å². The van der Waals surface area contributed by atoms with E-state index < -0.39 is 17.0 Å². The molecule has 4 rings (SSSR count). The number of fused-ring (bicyclic) bond motifs is 1. The van der Waals surface area contributed by atoms with Crippen molar-refractivity contribution in [3.63, 3.8) is 0 Å². The van der Waals surface area contributed by atoms with Gasteiger partial charge in [-0.2, -0.15) is 0 Å². The van der Waals surface area contributed by atoms with Crippen molar-refractivity contribution in [3.05, 3.63) is 85.6 Å². The molecular weight excluding hydrogens is 436 g/mol. The van der Waals surface area contributed by atoms with Crippen molar-refractivity contribution in [2.24, 2.45) is 7.05 Å². The van der Waals surface area contributed by atoms with Crippen LogP contribution in [0.15, 0.2) is 52.1 Å². The highest BCUT2D eigenvalue weighted by molar-refractivity contribution is 6.01. The summed E-state index contributed by atoms with van der Waals surface area (Å²) in [6.45, 7) is 1.33. The Bertz CT molecular complexity index is 1340. The van der Waals surface area contributed by atoms with Gasteiger partial charge >= 0.3 is 5.69 Å². The predicted octanol–water partition coefficient (Wildman–Crippen LogP) is 1.44. The minimum Gasteiger partial charge on any atom is -0.493 e. The topological polar surface area (TPSA) is 109 Å². The van der Waals surface area contributed by atoms with Gasteiger partial charge in [0, 0.05) is 20.1 Å². The molecule has 1 aromatic heterocycles. The fourth-order valence-corrected chi connectivity index (χ4v) is 4.32. The fraction of sp³-hybridized carbons (Fsp3) is 0.320. The SMILES string of the molecule is COc1cc2c(cc1OC)CN(CC(=O)c1c(N)n(Cc3ccccc3)c(=O)n(C)c1=O)CC2. The second-order valence-corrected chi connectivity index (χ2v) is 8.34. The second-order valence-electron chi connectivity index (χ2n) is 8.34. The Kier molecular flexibility index (Phi) is 6.56. The van der Waals surface area contributed by atoms with E-state index in [1.807, 2.05) is 47.4 Å². The first-order valence-electron chi connectivity index (χ1n) is 11.0. The highest BCUT2D eigenvalue weighted by Gasteiger charge is 2.26. The van der Waals surface area contributed by atoms with Crippen molar-refractivity contribution in [2.75, 3.05) is 33.0 Å². The van der Waals surface area contributed by atoms with Gasteiger partial charge in [-0.15, -0.1) is 0 Å². The molecule has 0 bridgehead atoms. The first kappa shape index (κ1) is 23.3. The summed E-state index contributed by atoms with van der Waals surface area (Å²) in [6, 6.07) is 13.2. The van der Waals surface area contributed by atoms with E-state index in [1.165, 1.54) is 11.6 Å². The predicted molar refractivity (Wildman–Crippen MR) is 129 cm³/mol. The van der Waals surface area contributed by atoms with E-state index in [0.717, 1.165) is 27.7 Å². The molecule has 2 N–H and O–H groups in total. The minimum atomic E-state index is -0.680.